The second-order valence-corrected chi connectivity index (χ2v) is 4.36. The average Bonchev–Trinajstić information content (AvgIpc) is 2.02. The molecule has 0 fully saturated rings. The van der Waals surface area contributed by atoms with E-state index in [-0.39, 0.29) is 12.8 Å². The van der Waals surface area contributed by atoms with Gasteiger partial charge in [-0.1, -0.05) is 12.2 Å². The van der Waals surface area contributed by atoms with E-state index in [1.807, 2.05) is 26.0 Å². The molecular weight excluding hydrogens is 194 g/mol. The van der Waals surface area contributed by atoms with Crippen molar-refractivity contribution in [1.82, 2.24) is 4.90 Å². The quantitative estimate of drug-likeness (QED) is 0.579. The van der Waals surface area contributed by atoms with Crippen molar-refractivity contribution < 1.29 is 14.6 Å². The van der Waals surface area contributed by atoms with Crippen LogP contribution in [0, 0.1) is 0 Å². The molecule has 15 heavy (non-hydrogen) atoms. The van der Waals surface area contributed by atoms with Gasteiger partial charge in [0.05, 0.1) is 6.04 Å². The molecule has 0 saturated carbocycles. The van der Waals surface area contributed by atoms with Crippen molar-refractivity contribution in [2.24, 2.45) is 0 Å². The summed E-state index contributed by atoms with van der Waals surface area (Å²) in [5.74, 6) is 0. The van der Waals surface area contributed by atoms with Gasteiger partial charge in [0, 0.05) is 0 Å². The molecule has 0 heterocycles. The van der Waals surface area contributed by atoms with Crippen LogP contribution in [0.4, 0.5) is 4.79 Å². The van der Waals surface area contributed by atoms with Crippen LogP contribution in [0.2, 0.25) is 0 Å². The minimum Gasteiger partial charge on any atom is -0.444 e. The molecule has 0 aliphatic carbocycles. The SMILES string of the molecule is C/C=C/C(C)N(CO)C(=O)OC(C)(C)C. The van der Waals surface area contributed by atoms with Gasteiger partial charge in [-0.15, -0.1) is 0 Å². The normalized spacial score (nSPS) is 14.0. The van der Waals surface area contributed by atoms with Crippen LogP contribution in [0.15, 0.2) is 12.2 Å². The fourth-order valence-electron chi connectivity index (χ4n) is 1.06. The van der Waals surface area contributed by atoms with Gasteiger partial charge >= 0.3 is 6.09 Å². The van der Waals surface area contributed by atoms with Crippen molar-refractivity contribution in [3.05, 3.63) is 12.2 Å². The van der Waals surface area contributed by atoms with E-state index in [4.69, 9.17) is 9.84 Å². The standard InChI is InChI=1S/C11H21NO3/c1-6-7-9(2)12(8-13)10(14)15-11(3,4)5/h6-7,9,13H,8H2,1-5H3/b7-6+. The molecule has 0 rings (SSSR count). The van der Waals surface area contributed by atoms with E-state index >= 15 is 0 Å². The summed E-state index contributed by atoms with van der Waals surface area (Å²) in [5.41, 5.74) is -0.542. The van der Waals surface area contributed by atoms with Gasteiger partial charge in [-0.2, -0.15) is 0 Å². The fourth-order valence-corrected chi connectivity index (χ4v) is 1.06. The lowest BCUT2D eigenvalue weighted by Gasteiger charge is -2.28. The van der Waals surface area contributed by atoms with Gasteiger partial charge in [0.25, 0.3) is 0 Å². The Morgan fingerprint density at radius 3 is 2.40 bits per heavy atom. The highest BCUT2D eigenvalue weighted by Gasteiger charge is 2.23. The third-order valence-corrected chi connectivity index (χ3v) is 1.74. The first kappa shape index (κ1) is 14.0. The molecule has 0 aromatic rings. The molecule has 1 unspecified atom stereocenters. The van der Waals surface area contributed by atoms with Crippen LogP contribution in [0.5, 0.6) is 0 Å². The third-order valence-electron chi connectivity index (χ3n) is 1.74. The number of rotatable bonds is 3. The van der Waals surface area contributed by atoms with E-state index in [2.05, 4.69) is 0 Å². The highest BCUT2D eigenvalue weighted by atomic mass is 16.6. The van der Waals surface area contributed by atoms with Crippen molar-refractivity contribution in [1.29, 1.82) is 0 Å². The van der Waals surface area contributed by atoms with Gasteiger partial charge in [-0.3, -0.25) is 4.90 Å². The molecule has 1 N–H and O–H groups in total. The van der Waals surface area contributed by atoms with Gasteiger partial charge in [0.2, 0.25) is 0 Å². The minimum absolute atomic E-state index is 0.171. The van der Waals surface area contributed by atoms with E-state index < -0.39 is 11.7 Å². The number of ether oxygens (including phenoxy) is 1. The van der Waals surface area contributed by atoms with Gasteiger partial charge < -0.3 is 9.84 Å². The van der Waals surface area contributed by atoms with Gasteiger partial charge in [0.15, 0.2) is 0 Å². The molecule has 4 nitrogen and oxygen atoms in total. The molecule has 1 atom stereocenters. The van der Waals surface area contributed by atoms with Gasteiger partial charge in [-0.05, 0) is 34.6 Å². The molecule has 0 aromatic heterocycles. The number of amides is 1. The second-order valence-electron chi connectivity index (χ2n) is 4.36. The van der Waals surface area contributed by atoms with Crippen LogP contribution in [0.1, 0.15) is 34.6 Å². The van der Waals surface area contributed by atoms with E-state index in [0.29, 0.717) is 0 Å². The van der Waals surface area contributed by atoms with E-state index in [0.717, 1.165) is 0 Å². The zero-order valence-electron chi connectivity index (χ0n) is 10.2. The van der Waals surface area contributed by atoms with Crippen molar-refractivity contribution >= 4 is 6.09 Å². The first-order valence-corrected chi connectivity index (χ1v) is 5.05. The van der Waals surface area contributed by atoms with Crippen LogP contribution in [0.25, 0.3) is 0 Å². The molecular formula is C11H21NO3. The molecule has 0 aromatic carbocycles. The molecule has 0 radical (unpaired) electrons. The average molecular weight is 215 g/mol. The van der Waals surface area contributed by atoms with E-state index in [9.17, 15) is 4.79 Å². The number of hydrogen-bond acceptors (Lipinski definition) is 3. The monoisotopic (exact) mass is 215 g/mol. The van der Waals surface area contributed by atoms with Crippen molar-refractivity contribution in [3.8, 4) is 0 Å². The number of hydrogen-bond donors (Lipinski definition) is 1. The van der Waals surface area contributed by atoms with Crippen LogP contribution in [0.3, 0.4) is 0 Å². The lowest BCUT2D eigenvalue weighted by molar-refractivity contribution is 0.000653. The Hall–Kier alpha value is -1.03. The largest absolute Gasteiger partial charge is 0.444 e. The van der Waals surface area contributed by atoms with Crippen LogP contribution < -0.4 is 0 Å². The molecule has 88 valence electrons. The van der Waals surface area contributed by atoms with E-state index in [1.54, 1.807) is 20.8 Å². The Bertz CT molecular complexity index is 230. The van der Waals surface area contributed by atoms with Crippen LogP contribution in [-0.4, -0.2) is 34.5 Å². The summed E-state index contributed by atoms with van der Waals surface area (Å²) < 4.78 is 5.15. The number of aliphatic hydroxyl groups is 1. The maximum atomic E-state index is 11.6. The number of allylic oxidation sites excluding steroid dienone is 1. The molecule has 0 saturated heterocycles. The molecule has 1 amide bonds. The summed E-state index contributed by atoms with van der Waals surface area (Å²) >= 11 is 0. The maximum absolute atomic E-state index is 11.6. The molecule has 0 aliphatic rings. The smallest absolute Gasteiger partial charge is 0.412 e. The fraction of sp³-hybridized carbons (Fsp3) is 0.727. The summed E-state index contributed by atoms with van der Waals surface area (Å²) in [7, 11) is 0. The highest BCUT2D eigenvalue weighted by molar-refractivity contribution is 5.68. The summed E-state index contributed by atoms with van der Waals surface area (Å²) in [4.78, 5) is 12.9. The van der Waals surface area contributed by atoms with Crippen molar-refractivity contribution in [2.75, 3.05) is 6.73 Å². The first-order chi connectivity index (χ1) is 6.81. The van der Waals surface area contributed by atoms with Crippen LogP contribution >= 0.6 is 0 Å². The predicted octanol–water partition coefficient (Wildman–Crippen LogP) is 2.14. The zero-order chi connectivity index (χ0) is 12.1. The summed E-state index contributed by atoms with van der Waals surface area (Å²) in [6.45, 7) is 8.71. The first-order valence-electron chi connectivity index (χ1n) is 5.05. The lowest BCUT2D eigenvalue weighted by Crippen LogP contribution is -2.41. The molecule has 0 aliphatic heterocycles. The van der Waals surface area contributed by atoms with Crippen LogP contribution in [-0.2, 0) is 4.74 Å². The number of carbonyl (C=O) groups excluding carboxylic acids is 1. The minimum atomic E-state index is -0.542. The topological polar surface area (TPSA) is 49.8 Å². The summed E-state index contributed by atoms with van der Waals surface area (Å²) in [6, 6.07) is -0.171. The maximum Gasteiger partial charge on any atom is 0.412 e. The number of carbonyl (C=O) groups is 1. The Morgan fingerprint density at radius 2 is 2.07 bits per heavy atom. The Kier molecular flexibility index (Phi) is 5.36. The Balaban J connectivity index is 4.48. The summed E-state index contributed by atoms with van der Waals surface area (Å²) in [6.07, 6.45) is 3.15. The number of aliphatic hydroxyl groups excluding tert-OH is 1. The molecule has 0 bridgehead atoms. The zero-order valence-corrected chi connectivity index (χ0v) is 10.2. The van der Waals surface area contributed by atoms with Crippen molar-refractivity contribution in [2.45, 2.75) is 46.3 Å². The molecule has 4 heteroatoms. The summed E-state index contributed by atoms with van der Waals surface area (Å²) in [5, 5.41) is 9.08. The Labute approximate surface area is 91.5 Å². The molecule has 0 spiro atoms. The second kappa shape index (κ2) is 5.75. The lowest BCUT2D eigenvalue weighted by atomic mass is 10.2. The van der Waals surface area contributed by atoms with Gasteiger partial charge in [0.1, 0.15) is 12.3 Å². The Morgan fingerprint density at radius 1 is 1.53 bits per heavy atom. The van der Waals surface area contributed by atoms with Crippen molar-refractivity contribution in [3.63, 3.8) is 0 Å². The predicted molar refractivity (Wildman–Crippen MR) is 59.4 cm³/mol. The number of nitrogens with zero attached hydrogens (tertiary/aromatic N) is 1. The van der Waals surface area contributed by atoms with Gasteiger partial charge in [-0.25, -0.2) is 4.79 Å². The van der Waals surface area contributed by atoms with E-state index in [1.165, 1.54) is 4.90 Å². The highest BCUT2D eigenvalue weighted by Crippen LogP contribution is 2.11. The third kappa shape index (κ3) is 5.42.